The minimum atomic E-state index is -0.0428. The van der Waals surface area contributed by atoms with Crippen LogP contribution in [0.4, 0.5) is 5.82 Å². The first kappa shape index (κ1) is 23.6. The SMILES string of the molecule is COc1ccc(OC)c(-c2ccc(N3CCN(C(=O)COc4ccc(Cl)c(C)c4)CC3)nn2)c1. The first-order chi connectivity index (χ1) is 16.5. The maximum absolute atomic E-state index is 12.6. The maximum atomic E-state index is 12.6. The number of nitrogens with zero attached hydrogens (tertiary/aromatic N) is 4. The van der Waals surface area contributed by atoms with Gasteiger partial charge in [0, 0.05) is 36.8 Å². The van der Waals surface area contributed by atoms with E-state index < -0.39 is 0 Å². The van der Waals surface area contributed by atoms with Crippen molar-refractivity contribution in [1.82, 2.24) is 15.1 Å². The standard InChI is InChI=1S/C25H27ClN4O4/c1-17-14-19(4-6-21(17)26)34-16-25(31)30-12-10-29(11-13-30)24-9-7-22(27-28-24)20-15-18(32-2)5-8-23(20)33-3/h4-9,14-15H,10-13,16H2,1-3H3. The van der Waals surface area contributed by atoms with Crippen molar-refractivity contribution in [3.8, 4) is 28.5 Å². The van der Waals surface area contributed by atoms with E-state index in [1.54, 1.807) is 26.4 Å². The van der Waals surface area contributed by atoms with Gasteiger partial charge in [-0.1, -0.05) is 11.6 Å². The van der Waals surface area contributed by atoms with E-state index >= 15 is 0 Å². The Balaban J connectivity index is 1.33. The molecule has 0 saturated carbocycles. The Hall–Kier alpha value is -3.52. The number of piperazine rings is 1. The summed E-state index contributed by atoms with van der Waals surface area (Å²) in [4.78, 5) is 16.5. The molecule has 3 aromatic rings. The van der Waals surface area contributed by atoms with E-state index in [2.05, 4.69) is 15.1 Å². The summed E-state index contributed by atoms with van der Waals surface area (Å²) in [5.41, 5.74) is 2.42. The van der Waals surface area contributed by atoms with E-state index in [1.165, 1.54) is 0 Å². The Labute approximate surface area is 204 Å². The predicted octanol–water partition coefficient (Wildman–Crippen LogP) is 3.85. The average Bonchev–Trinajstić information content (AvgIpc) is 2.89. The number of methoxy groups -OCH3 is 2. The van der Waals surface area contributed by atoms with Crippen LogP contribution < -0.4 is 19.1 Å². The van der Waals surface area contributed by atoms with Crippen molar-refractivity contribution in [2.75, 3.05) is 51.9 Å². The van der Waals surface area contributed by atoms with Crippen LogP contribution in [0.2, 0.25) is 5.02 Å². The van der Waals surface area contributed by atoms with Gasteiger partial charge in [0.2, 0.25) is 0 Å². The molecule has 0 aliphatic carbocycles. The van der Waals surface area contributed by atoms with Crippen LogP contribution in [0, 0.1) is 6.92 Å². The minimum Gasteiger partial charge on any atom is -0.497 e. The highest BCUT2D eigenvalue weighted by Crippen LogP contribution is 2.32. The van der Waals surface area contributed by atoms with Gasteiger partial charge in [-0.2, -0.15) is 0 Å². The average molecular weight is 483 g/mol. The van der Waals surface area contributed by atoms with Crippen LogP contribution >= 0.6 is 11.6 Å². The molecule has 4 rings (SSSR count). The van der Waals surface area contributed by atoms with Crippen molar-refractivity contribution >= 4 is 23.3 Å². The largest absolute Gasteiger partial charge is 0.497 e. The molecule has 0 atom stereocenters. The van der Waals surface area contributed by atoms with Gasteiger partial charge in [0.05, 0.1) is 19.9 Å². The van der Waals surface area contributed by atoms with E-state index in [1.807, 2.05) is 48.2 Å². The van der Waals surface area contributed by atoms with Crippen molar-refractivity contribution in [2.45, 2.75) is 6.92 Å². The number of anilines is 1. The van der Waals surface area contributed by atoms with Crippen molar-refractivity contribution in [3.05, 3.63) is 59.1 Å². The second-order valence-corrected chi connectivity index (χ2v) is 8.32. The lowest BCUT2D eigenvalue weighted by Gasteiger charge is -2.35. The van der Waals surface area contributed by atoms with Crippen molar-refractivity contribution in [3.63, 3.8) is 0 Å². The lowest BCUT2D eigenvalue weighted by molar-refractivity contribution is -0.133. The van der Waals surface area contributed by atoms with Crippen LogP contribution in [-0.4, -0.2) is 68.0 Å². The van der Waals surface area contributed by atoms with Gasteiger partial charge in [-0.05, 0) is 61.0 Å². The molecule has 2 heterocycles. The zero-order valence-electron chi connectivity index (χ0n) is 19.5. The molecule has 1 fully saturated rings. The van der Waals surface area contributed by atoms with Crippen LogP contribution in [0.1, 0.15) is 5.56 Å². The molecule has 0 spiro atoms. The smallest absolute Gasteiger partial charge is 0.260 e. The molecular formula is C25H27ClN4O4. The van der Waals surface area contributed by atoms with Gasteiger partial charge < -0.3 is 24.0 Å². The van der Waals surface area contributed by atoms with Gasteiger partial charge in [-0.3, -0.25) is 4.79 Å². The molecule has 34 heavy (non-hydrogen) atoms. The van der Waals surface area contributed by atoms with Gasteiger partial charge in [-0.25, -0.2) is 0 Å². The van der Waals surface area contributed by atoms with E-state index in [9.17, 15) is 4.79 Å². The summed E-state index contributed by atoms with van der Waals surface area (Å²) in [5.74, 6) is 2.78. The normalized spacial score (nSPS) is 13.5. The summed E-state index contributed by atoms with van der Waals surface area (Å²) >= 11 is 6.04. The number of aryl methyl sites for hydroxylation is 1. The third kappa shape index (κ3) is 5.34. The number of carbonyl (C=O) groups excluding carboxylic acids is 1. The number of benzene rings is 2. The Morgan fingerprint density at radius 3 is 2.35 bits per heavy atom. The van der Waals surface area contributed by atoms with Gasteiger partial charge in [0.15, 0.2) is 12.4 Å². The summed E-state index contributed by atoms with van der Waals surface area (Å²) in [5, 5.41) is 9.49. The highest BCUT2D eigenvalue weighted by atomic mass is 35.5. The molecule has 0 bridgehead atoms. The third-order valence-corrected chi connectivity index (χ3v) is 6.21. The van der Waals surface area contributed by atoms with Crippen molar-refractivity contribution < 1.29 is 19.0 Å². The predicted molar refractivity (Wildman–Crippen MR) is 131 cm³/mol. The number of rotatable bonds is 7. The second-order valence-electron chi connectivity index (χ2n) is 7.91. The number of carbonyl (C=O) groups is 1. The van der Waals surface area contributed by atoms with Gasteiger partial charge in [-0.15, -0.1) is 10.2 Å². The van der Waals surface area contributed by atoms with Crippen LogP contribution in [0.3, 0.4) is 0 Å². The maximum Gasteiger partial charge on any atom is 0.260 e. The second kappa shape index (κ2) is 10.6. The highest BCUT2D eigenvalue weighted by molar-refractivity contribution is 6.31. The highest BCUT2D eigenvalue weighted by Gasteiger charge is 2.23. The van der Waals surface area contributed by atoms with Gasteiger partial charge in [0.1, 0.15) is 17.2 Å². The molecule has 1 amide bonds. The molecule has 1 aromatic heterocycles. The van der Waals surface area contributed by atoms with Crippen molar-refractivity contribution in [2.24, 2.45) is 0 Å². The summed E-state index contributed by atoms with van der Waals surface area (Å²) in [6.07, 6.45) is 0. The zero-order valence-corrected chi connectivity index (χ0v) is 20.2. The molecule has 9 heteroatoms. The van der Waals surface area contributed by atoms with E-state index in [-0.39, 0.29) is 12.5 Å². The molecule has 0 unspecified atom stereocenters. The van der Waals surface area contributed by atoms with Gasteiger partial charge >= 0.3 is 0 Å². The molecule has 0 radical (unpaired) electrons. The molecule has 178 valence electrons. The van der Waals surface area contributed by atoms with Crippen LogP contribution in [-0.2, 0) is 4.79 Å². The van der Waals surface area contributed by atoms with Gasteiger partial charge in [0.25, 0.3) is 5.91 Å². The fraction of sp³-hybridized carbons (Fsp3) is 0.320. The summed E-state index contributed by atoms with van der Waals surface area (Å²) < 4.78 is 16.4. The molecule has 1 aliphatic rings. The number of aromatic nitrogens is 2. The topological polar surface area (TPSA) is 77.0 Å². The first-order valence-corrected chi connectivity index (χ1v) is 11.3. The molecule has 0 N–H and O–H groups in total. The number of hydrogen-bond acceptors (Lipinski definition) is 7. The Morgan fingerprint density at radius 2 is 1.71 bits per heavy atom. The van der Waals surface area contributed by atoms with E-state index in [4.69, 9.17) is 25.8 Å². The number of ether oxygens (including phenoxy) is 3. The molecule has 2 aromatic carbocycles. The summed E-state index contributed by atoms with van der Waals surface area (Å²) in [6, 6.07) is 14.8. The summed E-state index contributed by atoms with van der Waals surface area (Å²) in [6.45, 7) is 4.42. The van der Waals surface area contributed by atoms with Crippen molar-refractivity contribution in [1.29, 1.82) is 0 Å². The van der Waals surface area contributed by atoms with E-state index in [0.717, 1.165) is 22.7 Å². The molecule has 1 saturated heterocycles. The van der Waals surface area contributed by atoms with Crippen LogP contribution in [0.15, 0.2) is 48.5 Å². The monoisotopic (exact) mass is 482 g/mol. The van der Waals surface area contributed by atoms with E-state index in [0.29, 0.717) is 48.4 Å². The van der Waals surface area contributed by atoms with Crippen LogP contribution in [0.5, 0.6) is 17.2 Å². The third-order valence-electron chi connectivity index (χ3n) is 5.78. The summed E-state index contributed by atoms with van der Waals surface area (Å²) in [7, 11) is 3.24. The Bertz CT molecular complexity index is 1150. The molecule has 1 aliphatic heterocycles. The Kier molecular flexibility index (Phi) is 7.37. The number of hydrogen-bond donors (Lipinski definition) is 0. The zero-order chi connectivity index (χ0) is 24.1. The lowest BCUT2D eigenvalue weighted by atomic mass is 10.1. The fourth-order valence-electron chi connectivity index (χ4n) is 3.78. The quantitative estimate of drug-likeness (QED) is 0.506. The fourth-order valence-corrected chi connectivity index (χ4v) is 3.90. The molecule has 8 nitrogen and oxygen atoms in total. The number of halogens is 1. The first-order valence-electron chi connectivity index (χ1n) is 11.0. The van der Waals surface area contributed by atoms with Crippen LogP contribution in [0.25, 0.3) is 11.3 Å². The lowest BCUT2D eigenvalue weighted by Crippen LogP contribution is -2.50. The Morgan fingerprint density at radius 1 is 0.941 bits per heavy atom. The number of amides is 1. The molecular weight excluding hydrogens is 456 g/mol. The minimum absolute atomic E-state index is 0.00204.